The highest BCUT2D eigenvalue weighted by Crippen LogP contribution is 2.09. The molecule has 1 N–H and O–H groups in total. The molecule has 0 saturated carbocycles. The number of hydrogen-bond acceptors (Lipinski definition) is 5. The lowest BCUT2D eigenvalue weighted by Gasteiger charge is -2.21. The molecule has 2 amide bonds. The van der Waals surface area contributed by atoms with Gasteiger partial charge in [-0.05, 0) is 27.2 Å². The van der Waals surface area contributed by atoms with E-state index >= 15 is 0 Å². The Balaban J connectivity index is 4.07. The summed E-state index contributed by atoms with van der Waals surface area (Å²) in [6.45, 7) is 6.97. The lowest BCUT2D eigenvalue weighted by atomic mass is 10.2. The van der Waals surface area contributed by atoms with Gasteiger partial charge in [-0.1, -0.05) is 18.4 Å². The highest BCUT2D eigenvalue weighted by molar-refractivity contribution is 5.86. The van der Waals surface area contributed by atoms with Gasteiger partial charge in [-0.15, -0.1) is 0 Å². The van der Waals surface area contributed by atoms with Crippen molar-refractivity contribution in [3.05, 3.63) is 0 Å². The average Bonchev–Trinajstić information content (AvgIpc) is 2.14. The summed E-state index contributed by atoms with van der Waals surface area (Å²) in [6, 6.07) is 0. The van der Waals surface area contributed by atoms with Crippen molar-refractivity contribution < 1.29 is 24.3 Å². The highest BCUT2D eigenvalue weighted by atomic mass is 16.7. The Morgan fingerprint density at radius 3 is 2.25 bits per heavy atom. The first kappa shape index (κ1) is 14.7. The van der Waals surface area contributed by atoms with Crippen LogP contribution in [-0.4, -0.2) is 34.7 Å². The van der Waals surface area contributed by atoms with Crippen LogP contribution in [0.15, 0.2) is 0 Å². The van der Waals surface area contributed by atoms with E-state index in [1.807, 2.05) is 6.92 Å². The molecule has 0 radical (unpaired) electrons. The molecule has 16 heavy (non-hydrogen) atoms. The van der Waals surface area contributed by atoms with Gasteiger partial charge in [0, 0.05) is 0 Å². The summed E-state index contributed by atoms with van der Waals surface area (Å²) in [6.07, 6.45) is -0.740. The van der Waals surface area contributed by atoms with E-state index in [4.69, 9.17) is 9.94 Å². The molecule has 0 rings (SSSR count). The van der Waals surface area contributed by atoms with E-state index in [1.165, 1.54) is 0 Å². The molecular weight excluding hydrogens is 214 g/mol. The Kier molecular flexibility index (Phi) is 5.81. The zero-order valence-electron chi connectivity index (χ0n) is 10.1. The van der Waals surface area contributed by atoms with E-state index in [0.717, 1.165) is 6.42 Å². The first-order valence-electron chi connectivity index (χ1n) is 5.16. The molecule has 0 fully saturated rings. The van der Waals surface area contributed by atoms with Crippen LogP contribution in [0.4, 0.5) is 9.59 Å². The van der Waals surface area contributed by atoms with E-state index in [2.05, 4.69) is 4.74 Å². The monoisotopic (exact) mass is 233 g/mol. The van der Waals surface area contributed by atoms with Crippen molar-refractivity contribution in [1.29, 1.82) is 0 Å². The molecule has 0 aromatic carbocycles. The summed E-state index contributed by atoms with van der Waals surface area (Å²) in [5, 5.41) is 8.97. The van der Waals surface area contributed by atoms with Crippen LogP contribution in [0.2, 0.25) is 0 Å². The Hall–Kier alpha value is -1.30. The van der Waals surface area contributed by atoms with E-state index in [1.54, 1.807) is 20.8 Å². The van der Waals surface area contributed by atoms with Crippen LogP contribution in [0.5, 0.6) is 0 Å². The number of rotatable bonds is 3. The van der Waals surface area contributed by atoms with Crippen LogP contribution in [0.1, 0.15) is 40.5 Å². The minimum Gasteiger partial charge on any atom is -0.448 e. The third-order valence-corrected chi connectivity index (χ3v) is 1.46. The number of imide groups is 1. The fraction of sp³-hybridized carbons (Fsp3) is 0.800. The third kappa shape index (κ3) is 6.23. The Labute approximate surface area is 95.1 Å². The summed E-state index contributed by atoms with van der Waals surface area (Å²) in [4.78, 5) is 22.3. The van der Waals surface area contributed by atoms with Crippen molar-refractivity contribution >= 4 is 12.2 Å². The fourth-order valence-corrected chi connectivity index (χ4v) is 0.745. The summed E-state index contributed by atoms with van der Waals surface area (Å²) in [7, 11) is 0. The van der Waals surface area contributed by atoms with E-state index in [0.29, 0.717) is 6.42 Å². The molecule has 0 aliphatic rings. The Morgan fingerprint density at radius 1 is 1.25 bits per heavy atom. The second-order valence-electron chi connectivity index (χ2n) is 4.26. The third-order valence-electron chi connectivity index (χ3n) is 1.46. The predicted molar refractivity (Wildman–Crippen MR) is 56.1 cm³/mol. The Morgan fingerprint density at radius 2 is 1.81 bits per heavy atom. The SMILES string of the molecule is CCCCOC(=O)N(O)C(=O)OC(C)(C)C. The summed E-state index contributed by atoms with van der Waals surface area (Å²) < 4.78 is 9.38. The first-order chi connectivity index (χ1) is 7.28. The van der Waals surface area contributed by atoms with Crippen molar-refractivity contribution in [3.63, 3.8) is 0 Å². The van der Waals surface area contributed by atoms with Crippen LogP contribution < -0.4 is 0 Å². The molecule has 6 heteroatoms. The number of amides is 2. The van der Waals surface area contributed by atoms with Gasteiger partial charge in [0.2, 0.25) is 0 Å². The molecule has 0 aromatic rings. The maximum Gasteiger partial charge on any atom is 0.444 e. The summed E-state index contributed by atoms with van der Waals surface area (Å²) in [5.41, 5.74) is -0.776. The molecule has 0 bridgehead atoms. The summed E-state index contributed by atoms with van der Waals surface area (Å²) in [5.74, 6) is 0. The average molecular weight is 233 g/mol. The molecule has 6 nitrogen and oxygen atoms in total. The largest absolute Gasteiger partial charge is 0.448 e. The number of unbranched alkanes of at least 4 members (excludes halogenated alkanes) is 1. The standard InChI is InChI=1S/C10H19NO5/c1-5-6-7-15-8(12)11(14)9(13)16-10(2,3)4/h14H,5-7H2,1-4H3. The molecule has 0 aliphatic heterocycles. The van der Waals surface area contributed by atoms with Gasteiger partial charge in [0.1, 0.15) is 5.60 Å². The molecule has 0 heterocycles. The number of carbonyl (C=O) groups excluding carboxylic acids is 2. The van der Waals surface area contributed by atoms with E-state index in [9.17, 15) is 9.59 Å². The molecule has 0 saturated heterocycles. The second-order valence-corrected chi connectivity index (χ2v) is 4.26. The molecule has 0 unspecified atom stereocenters. The van der Waals surface area contributed by atoms with Gasteiger partial charge >= 0.3 is 12.2 Å². The fourth-order valence-electron chi connectivity index (χ4n) is 0.745. The number of ether oxygens (including phenoxy) is 2. The minimum atomic E-state index is -1.14. The van der Waals surface area contributed by atoms with Crippen LogP contribution in [-0.2, 0) is 9.47 Å². The lowest BCUT2D eigenvalue weighted by Crippen LogP contribution is -2.39. The summed E-state index contributed by atoms with van der Waals surface area (Å²) >= 11 is 0. The van der Waals surface area contributed by atoms with Crippen LogP contribution in [0, 0.1) is 0 Å². The minimum absolute atomic E-state index is 0.162. The molecule has 0 atom stereocenters. The number of carbonyl (C=O) groups is 2. The maximum atomic E-state index is 11.2. The molecule has 0 aliphatic carbocycles. The smallest absolute Gasteiger partial charge is 0.444 e. The van der Waals surface area contributed by atoms with Gasteiger partial charge in [-0.2, -0.15) is 0 Å². The molecule has 94 valence electrons. The number of nitrogens with zero attached hydrogens (tertiary/aromatic N) is 1. The number of hydroxylamine groups is 2. The van der Waals surface area contributed by atoms with Gasteiger partial charge in [0.05, 0.1) is 6.61 Å². The predicted octanol–water partition coefficient (Wildman–Crippen LogP) is 2.55. The van der Waals surface area contributed by atoms with Crippen LogP contribution in [0.3, 0.4) is 0 Å². The van der Waals surface area contributed by atoms with E-state index in [-0.39, 0.29) is 11.7 Å². The normalized spacial score (nSPS) is 10.8. The van der Waals surface area contributed by atoms with Crippen molar-refractivity contribution in [2.45, 2.75) is 46.1 Å². The zero-order chi connectivity index (χ0) is 12.8. The van der Waals surface area contributed by atoms with Crippen molar-refractivity contribution in [2.24, 2.45) is 0 Å². The maximum absolute atomic E-state index is 11.2. The van der Waals surface area contributed by atoms with Gasteiger partial charge < -0.3 is 9.47 Å². The quantitative estimate of drug-likeness (QED) is 0.460. The number of hydrogen-bond donors (Lipinski definition) is 1. The molecular formula is C10H19NO5. The van der Waals surface area contributed by atoms with Crippen LogP contribution in [0.25, 0.3) is 0 Å². The van der Waals surface area contributed by atoms with Gasteiger partial charge in [-0.25, -0.2) is 9.59 Å². The van der Waals surface area contributed by atoms with Gasteiger partial charge in [0.25, 0.3) is 0 Å². The van der Waals surface area contributed by atoms with Gasteiger partial charge in [-0.3, -0.25) is 5.21 Å². The Bertz CT molecular complexity index is 246. The lowest BCUT2D eigenvalue weighted by molar-refractivity contribution is -0.0810. The van der Waals surface area contributed by atoms with Crippen molar-refractivity contribution in [3.8, 4) is 0 Å². The van der Waals surface area contributed by atoms with Gasteiger partial charge in [0.15, 0.2) is 0 Å². The first-order valence-corrected chi connectivity index (χ1v) is 5.16. The zero-order valence-corrected chi connectivity index (χ0v) is 10.1. The van der Waals surface area contributed by atoms with Crippen molar-refractivity contribution in [2.75, 3.05) is 6.61 Å². The van der Waals surface area contributed by atoms with Crippen LogP contribution >= 0.6 is 0 Å². The van der Waals surface area contributed by atoms with Crippen molar-refractivity contribution in [1.82, 2.24) is 5.06 Å². The van der Waals surface area contributed by atoms with E-state index < -0.39 is 17.8 Å². The molecule has 0 aromatic heterocycles. The highest BCUT2D eigenvalue weighted by Gasteiger charge is 2.26. The topological polar surface area (TPSA) is 76.1 Å². The second kappa shape index (κ2) is 6.32. The molecule has 0 spiro atoms.